The molecule has 0 aliphatic heterocycles. The highest BCUT2D eigenvalue weighted by molar-refractivity contribution is 6.32. The molecule has 0 radical (unpaired) electrons. The lowest BCUT2D eigenvalue weighted by atomic mass is 10.1. The average molecular weight is 351 g/mol. The van der Waals surface area contributed by atoms with Crippen LogP contribution in [0.4, 0.5) is 0 Å². The number of hydrogen-bond donors (Lipinski definition) is 0. The number of methoxy groups -OCH3 is 2. The van der Waals surface area contributed by atoms with Crippen molar-refractivity contribution in [2.45, 2.75) is 20.3 Å². The summed E-state index contributed by atoms with van der Waals surface area (Å²) in [6.07, 6.45) is 0.738. The smallest absolute Gasteiger partial charge is 0.203 e. The predicted octanol–water partition coefficient (Wildman–Crippen LogP) is 4.82. The van der Waals surface area contributed by atoms with Crippen LogP contribution in [0.2, 0.25) is 5.02 Å². The van der Waals surface area contributed by atoms with Gasteiger partial charge in [-0.2, -0.15) is 0 Å². The molecule has 0 N–H and O–H groups in total. The van der Waals surface area contributed by atoms with Crippen molar-refractivity contribution in [1.82, 2.24) is 0 Å². The standard InChI is InChI=1S/C19H23ClO4/c1-13-11-15(12-14(2)18(13)20)23-9-6-10-24-19-16(21-3)7-5-8-17(19)22-4/h5,7-8,11-12H,6,9-10H2,1-4H3. The fourth-order valence-corrected chi connectivity index (χ4v) is 2.48. The molecule has 24 heavy (non-hydrogen) atoms. The van der Waals surface area contributed by atoms with Gasteiger partial charge in [-0.15, -0.1) is 0 Å². The van der Waals surface area contributed by atoms with Gasteiger partial charge in [-0.05, 0) is 49.2 Å². The molecule has 2 aromatic carbocycles. The van der Waals surface area contributed by atoms with Gasteiger partial charge in [0.15, 0.2) is 11.5 Å². The Hall–Kier alpha value is -2.07. The van der Waals surface area contributed by atoms with Gasteiger partial charge in [0.2, 0.25) is 5.75 Å². The third kappa shape index (κ3) is 4.48. The van der Waals surface area contributed by atoms with E-state index in [2.05, 4.69) is 0 Å². The van der Waals surface area contributed by atoms with Crippen LogP contribution >= 0.6 is 11.6 Å². The van der Waals surface area contributed by atoms with Crippen molar-refractivity contribution < 1.29 is 18.9 Å². The third-order valence-electron chi connectivity index (χ3n) is 3.60. The van der Waals surface area contributed by atoms with Gasteiger partial charge >= 0.3 is 0 Å². The van der Waals surface area contributed by atoms with Crippen LogP contribution in [0.3, 0.4) is 0 Å². The molecule has 0 unspecified atom stereocenters. The topological polar surface area (TPSA) is 36.9 Å². The SMILES string of the molecule is COc1cccc(OC)c1OCCCOc1cc(C)c(Cl)c(C)c1. The van der Waals surface area contributed by atoms with Crippen LogP contribution in [0.5, 0.6) is 23.0 Å². The number of benzene rings is 2. The summed E-state index contributed by atoms with van der Waals surface area (Å²) in [7, 11) is 3.21. The van der Waals surface area contributed by atoms with Crippen molar-refractivity contribution in [3.8, 4) is 23.0 Å². The fourth-order valence-electron chi connectivity index (χ4n) is 2.37. The van der Waals surface area contributed by atoms with Crippen molar-refractivity contribution in [3.63, 3.8) is 0 Å². The molecule has 0 aliphatic rings. The van der Waals surface area contributed by atoms with E-state index < -0.39 is 0 Å². The van der Waals surface area contributed by atoms with E-state index in [1.54, 1.807) is 14.2 Å². The zero-order valence-electron chi connectivity index (χ0n) is 14.5. The van der Waals surface area contributed by atoms with E-state index in [0.29, 0.717) is 30.5 Å². The van der Waals surface area contributed by atoms with Gasteiger partial charge in [-0.1, -0.05) is 17.7 Å². The van der Waals surface area contributed by atoms with Crippen molar-refractivity contribution in [2.75, 3.05) is 27.4 Å². The Morgan fingerprint density at radius 3 is 1.96 bits per heavy atom. The lowest BCUT2D eigenvalue weighted by Gasteiger charge is -2.14. The number of aryl methyl sites for hydroxylation is 2. The van der Waals surface area contributed by atoms with Crippen LogP contribution in [-0.4, -0.2) is 27.4 Å². The van der Waals surface area contributed by atoms with Gasteiger partial charge in [0.05, 0.1) is 27.4 Å². The molecule has 0 heterocycles. The van der Waals surface area contributed by atoms with Gasteiger partial charge in [0, 0.05) is 11.4 Å². The summed E-state index contributed by atoms with van der Waals surface area (Å²) >= 11 is 6.16. The molecule has 5 heteroatoms. The van der Waals surface area contributed by atoms with E-state index in [0.717, 1.165) is 28.3 Å². The second-order valence-corrected chi connectivity index (χ2v) is 5.79. The Morgan fingerprint density at radius 1 is 0.875 bits per heavy atom. The summed E-state index contributed by atoms with van der Waals surface area (Å²) in [6.45, 7) is 5.00. The number of halogens is 1. The maximum Gasteiger partial charge on any atom is 0.203 e. The minimum atomic E-state index is 0.502. The van der Waals surface area contributed by atoms with Crippen molar-refractivity contribution in [2.24, 2.45) is 0 Å². The molecule has 0 bridgehead atoms. The molecule has 0 atom stereocenters. The Morgan fingerprint density at radius 2 is 1.42 bits per heavy atom. The lowest BCUT2D eigenvalue weighted by molar-refractivity contribution is 0.232. The highest BCUT2D eigenvalue weighted by atomic mass is 35.5. The average Bonchev–Trinajstić information content (AvgIpc) is 2.59. The first-order chi connectivity index (χ1) is 11.6. The monoisotopic (exact) mass is 350 g/mol. The zero-order chi connectivity index (χ0) is 17.5. The number of ether oxygens (including phenoxy) is 4. The van der Waals surface area contributed by atoms with Gasteiger partial charge in [0.25, 0.3) is 0 Å². The molecule has 0 saturated carbocycles. The molecule has 4 nitrogen and oxygen atoms in total. The fraction of sp³-hybridized carbons (Fsp3) is 0.368. The van der Waals surface area contributed by atoms with Crippen molar-refractivity contribution >= 4 is 11.6 Å². The van der Waals surface area contributed by atoms with Crippen molar-refractivity contribution in [1.29, 1.82) is 0 Å². The Bertz CT molecular complexity index is 640. The number of para-hydroxylation sites is 1. The summed E-state index contributed by atoms with van der Waals surface area (Å²) < 4.78 is 22.2. The van der Waals surface area contributed by atoms with E-state index in [9.17, 15) is 0 Å². The summed E-state index contributed by atoms with van der Waals surface area (Å²) in [5.74, 6) is 2.74. The van der Waals surface area contributed by atoms with Crippen molar-refractivity contribution in [3.05, 3.63) is 46.5 Å². The summed E-state index contributed by atoms with van der Waals surface area (Å²) in [5.41, 5.74) is 2.03. The Kier molecular flexibility index (Phi) is 6.62. The number of rotatable bonds is 8. The molecule has 2 aromatic rings. The van der Waals surface area contributed by atoms with Crippen LogP contribution in [-0.2, 0) is 0 Å². The zero-order valence-corrected chi connectivity index (χ0v) is 15.3. The minimum absolute atomic E-state index is 0.502. The third-order valence-corrected chi connectivity index (χ3v) is 4.19. The molecule has 130 valence electrons. The van der Waals surface area contributed by atoms with Crippen LogP contribution in [0.1, 0.15) is 17.5 Å². The molecular formula is C19H23ClO4. The Labute approximate surface area is 148 Å². The van der Waals surface area contributed by atoms with E-state index in [4.69, 9.17) is 30.5 Å². The minimum Gasteiger partial charge on any atom is -0.493 e. The molecule has 0 amide bonds. The molecule has 2 rings (SSSR count). The maximum absolute atomic E-state index is 6.16. The molecule has 0 saturated heterocycles. The lowest BCUT2D eigenvalue weighted by Crippen LogP contribution is -2.06. The van der Waals surface area contributed by atoms with E-state index in [1.165, 1.54) is 0 Å². The molecular weight excluding hydrogens is 328 g/mol. The summed E-state index contributed by atoms with van der Waals surface area (Å²) in [6, 6.07) is 9.43. The van der Waals surface area contributed by atoms with Crippen LogP contribution in [0.25, 0.3) is 0 Å². The second kappa shape index (κ2) is 8.69. The molecule has 0 fully saturated rings. The van der Waals surface area contributed by atoms with Crippen LogP contribution in [0.15, 0.2) is 30.3 Å². The van der Waals surface area contributed by atoms with Gasteiger partial charge in [0.1, 0.15) is 5.75 Å². The first-order valence-electron chi connectivity index (χ1n) is 7.80. The normalized spacial score (nSPS) is 10.4. The predicted molar refractivity (Wildman–Crippen MR) is 96.1 cm³/mol. The van der Waals surface area contributed by atoms with E-state index in [-0.39, 0.29) is 0 Å². The molecule has 0 aliphatic carbocycles. The highest BCUT2D eigenvalue weighted by Crippen LogP contribution is 2.36. The van der Waals surface area contributed by atoms with Gasteiger partial charge in [-0.3, -0.25) is 0 Å². The van der Waals surface area contributed by atoms with Crippen LogP contribution < -0.4 is 18.9 Å². The van der Waals surface area contributed by atoms with Crippen LogP contribution in [0, 0.1) is 13.8 Å². The maximum atomic E-state index is 6.16. The molecule has 0 spiro atoms. The quantitative estimate of drug-likeness (QED) is 0.639. The van der Waals surface area contributed by atoms with E-state index in [1.807, 2.05) is 44.2 Å². The second-order valence-electron chi connectivity index (χ2n) is 5.41. The summed E-state index contributed by atoms with van der Waals surface area (Å²) in [4.78, 5) is 0. The summed E-state index contributed by atoms with van der Waals surface area (Å²) in [5, 5.41) is 0.786. The van der Waals surface area contributed by atoms with Gasteiger partial charge < -0.3 is 18.9 Å². The highest BCUT2D eigenvalue weighted by Gasteiger charge is 2.11. The van der Waals surface area contributed by atoms with Gasteiger partial charge in [-0.25, -0.2) is 0 Å². The molecule has 0 aromatic heterocycles. The number of hydrogen-bond acceptors (Lipinski definition) is 4. The first-order valence-corrected chi connectivity index (χ1v) is 8.18. The van der Waals surface area contributed by atoms with E-state index >= 15 is 0 Å². The Balaban J connectivity index is 1.86. The largest absolute Gasteiger partial charge is 0.493 e. The first kappa shape index (κ1) is 18.3.